The number of aliphatic hydroxyl groups excluding tert-OH is 1. The lowest BCUT2D eigenvalue weighted by Gasteiger charge is -2.34. The van der Waals surface area contributed by atoms with E-state index < -0.39 is 16.0 Å². The number of hydrogen-bond acceptors (Lipinski definition) is 5. The summed E-state index contributed by atoms with van der Waals surface area (Å²) >= 11 is 0. The third-order valence-electron chi connectivity index (χ3n) is 2.99. The first-order valence-electron chi connectivity index (χ1n) is 5.54. The molecule has 1 rings (SSSR count). The lowest BCUT2D eigenvalue weighted by molar-refractivity contribution is -0.140. The molecule has 1 N–H and O–H groups in total. The third kappa shape index (κ3) is 4.25. The highest BCUT2D eigenvalue weighted by Crippen LogP contribution is 2.28. The molecule has 0 unspecified atom stereocenters. The first-order valence-corrected chi connectivity index (χ1v) is 7.15. The molecule has 17 heavy (non-hydrogen) atoms. The van der Waals surface area contributed by atoms with Crippen LogP contribution in [0.2, 0.25) is 0 Å². The summed E-state index contributed by atoms with van der Waals surface area (Å²) in [4.78, 5) is 10.9. The number of esters is 1. The SMILES string of the molecule is COC(=O)CCS(=O)(=O)N(C)CC1CC(O)C1. The molecular formula is C10H19NO5S. The van der Waals surface area contributed by atoms with Crippen LogP contribution in [-0.2, 0) is 19.6 Å². The fourth-order valence-corrected chi connectivity index (χ4v) is 2.97. The first kappa shape index (κ1) is 14.4. The largest absolute Gasteiger partial charge is 0.469 e. The van der Waals surface area contributed by atoms with Crippen molar-refractivity contribution in [3.63, 3.8) is 0 Å². The quantitative estimate of drug-likeness (QED) is 0.660. The van der Waals surface area contributed by atoms with Crippen molar-refractivity contribution in [1.29, 1.82) is 0 Å². The summed E-state index contributed by atoms with van der Waals surface area (Å²) in [5, 5.41) is 9.11. The Labute approximate surface area is 102 Å². The van der Waals surface area contributed by atoms with Crippen molar-refractivity contribution in [3.8, 4) is 0 Å². The molecule has 0 heterocycles. The van der Waals surface area contributed by atoms with Gasteiger partial charge in [0.25, 0.3) is 0 Å². The Morgan fingerprint density at radius 2 is 2.06 bits per heavy atom. The van der Waals surface area contributed by atoms with Crippen LogP contribution in [0.1, 0.15) is 19.3 Å². The lowest BCUT2D eigenvalue weighted by Crippen LogP contribution is -2.40. The van der Waals surface area contributed by atoms with E-state index in [2.05, 4.69) is 4.74 Å². The monoisotopic (exact) mass is 265 g/mol. The zero-order valence-corrected chi connectivity index (χ0v) is 10.9. The van der Waals surface area contributed by atoms with Gasteiger partial charge < -0.3 is 9.84 Å². The molecule has 0 amide bonds. The van der Waals surface area contributed by atoms with Crippen LogP contribution in [0.5, 0.6) is 0 Å². The van der Waals surface area contributed by atoms with E-state index >= 15 is 0 Å². The number of hydrogen-bond donors (Lipinski definition) is 1. The predicted octanol–water partition coefficient (Wildman–Crippen LogP) is -0.418. The van der Waals surface area contributed by atoms with E-state index in [1.54, 1.807) is 0 Å². The Morgan fingerprint density at radius 3 is 2.53 bits per heavy atom. The Bertz CT molecular complexity index is 361. The van der Waals surface area contributed by atoms with E-state index in [1.165, 1.54) is 18.5 Å². The summed E-state index contributed by atoms with van der Waals surface area (Å²) in [5.74, 6) is -0.533. The molecule has 0 aromatic heterocycles. The van der Waals surface area contributed by atoms with Gasteiger partial charge in [-0.15, -0.1) is 0 Å². The highest BCUT2D eigenvalue weighted by atomic mass is 32.2. The number of sulfonamides is 1. The minimum atomic E-state index is -3.40. The predicted molar refractivity (Wildman–Crippen MR) is 61.8 cm³/mol. The van der Waals surface area contributed by atoms with Crippen molar-refractivity contribution in [2.45, 2.75) is 25.4 Å². The van der Waals surface area contributed by atoms with Gasteiger partial charge in [0.15, 0.2) is 0 Å². The Morgan fingerprint density at radius 1 is 1.47 bits per heavy atom. The molecule has 0 spiro atoms. The Balaban J connectivity index is 2.38. The number of nitrogens with zero attached hydrogens (tertiary/aromatic N) is 1. The molecule has 1 saturated carbocycles. The minimum absolute atomic E-state index is 0.129. The molecule has 1 aliphatic rings. The first-order chi connectivity index (χ1) is 7.85. The van der Waals surface area contributed by atoms with Gasteiger partial charge in [0.05, 0.1) is 25.4 Å². The minimum Gasteiger partial charge on any atom is -0.469 e. The van der Waals surface area contributed by atoms with Crippen molar-refractivity contribution >= 4 is 16.0 Å². The van der Waals surface area contributed by atoms with Gasteiger partial charge in [-0.3, -0.25) is 4.79 Å². The number of rotatable bonds is 6. The molecule has 0 radical (unpaired) electrons. The van der Waals surface area contributed by atoms with Gasteiger partial charge in [-0.25, -0.2) is 12.7 Å². The molecule has 0 aliphatic heterocycles. The molecule has 7 heteroatoms. The summed E-state index contributed by atoms with van der Waals surface area (Å²) in [6, 6.07) is 0. The summed E-state index contributed by atoms with van der Waals surface area (Å²) in [5.41, 5.74) is 0. The summed E-state index contributed by atoms with van der Waals surface area (Å²) < 4.78 is 29.2. The van der Waals surface area contributed by atoms with Crippen LogP contribution in [0.3, 0.4) is 0 Å². The Hall–Kier alpha value is -0.660. The zero-order chi connectivity index (χ0) is 13.1. The average Bonchev–Trinajstić information content (AvgIpc) is 2.23. The molecule has 0 aromatic rings. The van der Waals surface area contributed by atoms with Crippen molar-refractivity contribution in [2.24, 2.45) is 5.92 Å². The molecular weight excluding hydrogens is 246 g/mol. The third-order valence-corrected chi connectivity index (χ3v) is 4.81. The van der Waals surface area contributed by atoms with Gasteiger partial charge in [0.1, 0.15) is 0 Å². The maximum Gasteiger partial charge on any atom is 0.306 e. The van der Waals surface area contributed by atoms with Crippen molar-refractivity contribution < 1.29 is 23.1 Å². The van der Waals surface area contributed by atoms with Crippen molar-refractivity contribution in [1.82, 2.24) is 4.31 Å². The van der Waals surface area contributed by atoms with E-state index in [0.29, 0.717) is 19.4 Å². The van der Waals surface area contributed by atoms with E-state index in [-0.39, 0.29) is 24.2 Å². The van der Waals surface area contributed by atoms with Gasteiger partial charge in [0.2, 0.25) is 10.0 Å². The second-order valence-electron chi connectivity index (χ2n) is 4.41. The number of carbonyl (C=O) groups excluding carboxylic acids is 1. The van der Waals surface area contributed by atoms with E-state index in [0.717, 1.165) is 0 Å². The maximum absolute atomic E-state index is 11.8. The van der Waals surface area contributed by atoms with Gasteiger partial charge in [-0.1, -0.05) is 0 Å². The highest BCUT2D eigenvalue weighted by Gasteiger charge is 2.31. The lowest BCUT2D eigenvalue weighted by atomic mass is 9.82. The van der Waals surface area contributed by atoms with E-state index in [9.17, 15) is 13.2 Å². The molecule has 0 saturated heterocycles. The molecule has 0 bridgehead atoms. The number of ether oxygens (including phenoxy) is 1. The fraction of sp³-hybridized carbons (Fsp3) is 0.900. The molecule has 6 nitrogen and oxygen atoms in total. The smallest absolute Gasteiger partial charge is 0.306 e. The van der Waals surface area contributed by atoms with Gasteiger partial charge in [-0.2, -0.15) is 0 Å². The van der Waals surface area contributed by atoms with Crippen LogP contribution in [-0.4, -0.2) is 56.4 Å². The summed E-state index contributed by atoms with van der Waals surface area (Å²) in [7, 11) is -0.675. The average molecular weight is 265 g/mol. The summed E-state index contributed by atoms with van der Waals surface area (Å²) in [6.45, 7) is 0.403. The van der Waals surface area contributed by atoms with Gasteiger partial charge >= 0.3 is 5.97 Å². The van der Waals surface area contributed by atoms with Gasteiger partial charge in [-0.05, 0) is 18.8 Å². The molecule has 100 valence electrons. The fourth-order valence-electron chi connectivity index (χ4n) is 1.80. The van der Waals surface area contributed by atoms with Crippen LogP contribution < -0.4 is 0 Å². The van der Waals surface area contributed by atoms with Crippen LogP contribution in [0.15, 0.2) is 0 Å². The van der Waals surface area contributed by atoms with Crippen molar-refractivity contribution in [3.05, 3.63) is 0 Å². The standard InChI is InChI=1S/C10H19NO5S/c1-11(7-8-5-9(12)6-8)17(14,15)4-3-10(13)16-2/h8-9,12H,3-7H2,1-2H3. The van der Waals surface area contributed by atoms with Crippen LogP contribution in [0, 0.1) is 5.92 Å². The second-order valence-corrected chi connectivity index (χ2v) is 6.61. The molecule has 1 fully saturated rings. The Kier molecular flexibility index (Phi) is 4.91. The van der Waals surface area contributed by atoms with Crippen LogP contribution in [0.25, 0.3) is 0 Å². The highest BCUT2D eigenvalue weighted by molar-refractivity contribution is 7.89. The van der Waals surface area contributed by atoms with Crippen molar-refractivity contribution in [2.75, 3.05) is 26.5 Å². The van der Waals surface area contributed by atoms with Gasteiger partial charge in [0, 0.05) is 13.6 Å². The maximum atomic E-state index is 11.8. The normalized spacial score (nSPS) is 24.5. The molecule has 0 atom stereocenters. The summed E-state index contributed by atoms with van der Waals surface area (Å²) in [6.07, 6.45) is 0.885. The second kappa shape index (κ2) is 5.79. The zero-order valence-electron chi connectivity index (χ0n) is 10.1. The number of aliphatic hydroxyl groups is 1. The molecule has 1 aliphatic carbocycles. The topological polar surface area (TPSA) is 83.9 Å². The van der Waals surface area contributed by atoms with E-state index in [1.807, 2.05) is 0 Å². The molecule has 0 aromatic carbocycles. The number of methoxy groups -OCH3 is 1. The van der Waals surface area contributed by atoms with Crippen LogP contribution in [0.4, 0.5) is 0 Å². The van der Waals surface area contributed by atoms with Crippen LogP contribution >= 0.6 is 0 Å². The number of carbonyl (C=O) groups is 1. The van der Waals surface area contributed by atoms with E-state index in [4.69, 9.17) is 5.11 Å².